The predicted octanol–water partition coefficient (Wildman–Crippen LogP) is 0.966. The maximum atomic E-state index is 9.33. The Hall–Kier alpha value is -0.900. The molecule has 1 unspecified atom stereocenters. The molecule has 0 radical (unpaired) electrons. The lowest BCUT2D eigenvalue weighted by Gasteiger charge is -2.19. The number of likely N-dealkylation sites (N-methyl/N-ethyl adjacent to an activating group) is 1. The SMILES string of the molecule is CN1C(O)OC[C@@H]1c1ccccc1. The number of nitrogens with zero attached hydrogens (tertiary/aromatic N) is 1. The largest absolute Gasteiger partial charge is 0.356 e. The van der Waals surface area contributed by atoms with Gasteiger partial charge < -0.3 is 9.84 Å². The molecule has 0 bridgehead atoms. The molecule has 1 fully saturated rings. The van der Waals surface area contributed by atoms with Crippen molar-refractivity contribution in [2.75, 3.05) is 13.7 Å². The summed E-state index contributed by atoms with van der Waals surface area (Å²) in [6, 6.07) is 10.2. The van der Waals surface area contributed by atoms with Crippen LogP contribution in [0.1, 0.15) is 11.6 Å². The Balaban J connectivity index is 2.19. The molecule has 13 heavy (non-hydrogen) atoms. The number of hydrogen-bond acceptors (Lipinski definition) is 3. The highest BCUT2D eigenvalue weighted by Gasteiger charge is 2.30. The first kappa shape index (κ1) is 8.69. The van der Waals surface area contributed by atoms with Crippen LogP contribution in [0, 0.1) is 0 Å². The highest BCUT2D eigenvalue weighted by atomic mass is 16.6. The van der Waals surface area contributed by atoms with Crippen LogP contribution in [0.15, 0.2) is 30.3 Å². The van der Waals surface area contributed by atoms with E-state index < -0.39 is 6.41 Å². The molecule has 3 heteroatoms. The second-order valence-corrected chi connectivity index (χ2v) is 3.25. The fraction of sp³-hybridized carbons (Fsp3) is 0.400. The van der Waals surface area contributed by atoms with Crippen LogP contribution in [-0.2, 0) is 4.74 Å². The minimum Gasteiger partial charge on any atom is -0.356 e. The van der Waals surface area contributed by atoms with Crippen molar-refractivity contribution in [3.63, 3.8) is 0 Å². The number of aliphatic hydroxyl groups excluding tert-OH is 1. The minimum absolute atomic E-state index is 0.177. The van der Waals surface area contributed by atoms with E-state index in [-0.39, 0.29) is 6.04 Å². The zero-order valence-electron chi connectivity index (χ0n) is 7.55. The highest BCUT2D eigenvalue weighted by molar-refractivity contribution is 5.19. The molecule has 0 spiro atoms. The molecule has 1 heterocycles. The number of rotatable bonds is 1. The summed E-state index contributed by atoms with van der Waals surface area (Å²) in [7, 11) is 1.86. The van der Waals surface area contributed by atoms with Crippen LogP contribution in [0.5, 0.6) is 0 Å². The van der Waals surface area contributed by atoms with Gasteiger partial charge in [0, 0.05) is 0 Å². The highest BCUT2D eigenvalue weighted by Crippen LogP contribution is 2.26. The van der Waals surface area contributed by atoms with E-state index >= 15 is 0 Å². The molecule has 1 aliphatic rings. The molecule has 0 amide bonds. The molecular formula is C10H13NO2. The van der Waals surface area contributed by atoms with Crippen LogP contribution in [-0.4, -0.2) is 30.1 Å². The standard InChI is InChI=1S/C10H13NO2/c1-11-9(7-13-10(11)12)8-5-3-2-4-6-8/h2-6,9-10,12H,7H2,1H3/t9-,10?/m1/s1. The van der Waals surface area contributed by atoms with Gasteiger partial charge in [-0.3, -0.25) is 0 Å². The Kier molecular flexibility index (Phi) is 2.31. The van der Waals surface area contributed by atoms with Gasteiger partial charge in [0.05, 0.1) is 12.6 Å². The van der Waals surface area contributed by atoms with E-state index in [1.165, 1.54) is 5.56 Å². The third kappa shape index (κ3) is 1.58. The summed E-state index contributed by atoms with van der Waals surface area (Å²) < 4.78 is 5.11. The first-order chi connectivity index (χ1) is 6.29. The first-order valence-electron chi connectivity index (χ1n) is 4.35. The van der Waals surface area contributed by atoms with E-state index in [0.717, 1.165) is 0 Å². The van der Waals surface area contributed by atoms with Crippen LogP contribution in [0.4, 0.5) is 0 Å². The third-order valence-electron chi connectivity index (χ3n) is 2.43. The van der Waals surface area contributed by atoms with E-state index in [0.29, 0.717) is 6.61 Å². The molecule has 1 saturated heterocycles. The van der Waals surface area contributed by atoms with Gasteiger partial charge in [0.1, 0.15) is 0 Å². The van der Waals surface area contributed by atoms with Crippen LogP contribution >= 0.6 is 0 Å². The third-order valence-corrected chi connectivity index (χ3v) is 2.43. The zero-order valence-corrected chi connectivity index (χ0v) is 7.55. The summed E-state index contributed by atoms with van der Waals surface area (Å²) in [6.45, 7) is 0.557. The van der Waals surface area contributed by atoms with E-state index in [4.69, 9.17) is 4.74 Å². The van der Waals surface area contributed by atoms with E-state index in [9.17, 15) is 5.11 Å². The number of aliphatic hydroxyl groups is 1. The fourth-order valence-corrected chi connectivity index (χ4v) is 1.57. The fourth-order valence-electron chi connectivity index (χ4n) is 1.57. The molecule has 2 atom stereocenters. The molecule has 1 aromatic rings. The van der Waals surface area contributed by atoms with Gasteiger partial charge in [-0.2, -0.15) is 0 Å². The molecular weight excluding hydrogens is 166 g/mol. The minimum atomic E-state index is -0.759. The quantitative estimate of drug-likeness (QED) is 0.697. The molecule has 1 N–H and O–H groups in total. The van der Waals surface area contributed by atoms with E-state index in [1.54, 1.807) is 0 Å². The van der Waals surface area contributed by atoms with Crippen molar-refractivity contribution in [3.8, 4) is 0 Å². The molecule has 0 aromatic heterocycles. The average Bonchev–Trinajstić information content (AvgIpc) is 2.49. The summed E-state index contributed by atoms with van der Waals surface area (Å²) in [6.07, 6.45) is -0.759. The smallest absolute Gasteiger partial charge is 0.216 e. The normalized spacial score (nSPS) is 29.4. The van der Waals surface area contributed by atoms with Crippen molar-refractivity contribution in [1.82, 2.24) is 4.90 Å². The Morgan fingerprint density at radius 2 is 2.08 bits per heavy atom. The lowest BCUT2D eigenvalue weighted by molar-refractivity contribution is -0.127. The van der Waals surface area contributed by atoms with E-state index in [2.05, 4.69) is 0 Å². The number of ether oxygens (including phenoxy) is 1. The summed E-state index contributed by atoms with van der Waals surface area (Å²) in [5.41, 5.74) is 1.18. The molecule has 0 saturated carbocycles. The second kappa shape index (κ2) is 3.46. The van der Waals surface area contributed by atoms with Crippen molar-refractivity contribution in [3.05, 3.63) is 35.9 Å². The molecule has 70 valence electrons. The van der Waals surface area contributed by atoms with Crippen LogP contribution in [0.25, 0.3) is 0 Å². The van der Waals surface area contributed by atoms with Gasteiger partial charge in [-0.05, 0) is 12.6 Å². The molecule has 0 aliphatic carbocycles. The summed E-state index contributed by atoms with van der Waals surface area (Å²) in [4.78, 5) is 1.81. The van der Waals surface area contributed by atoms with Gasteiger partial charge in [-0.15, -0.1) is 0 Å². The molecule has 1 aliphatic heterocycles. The lowest BCUT2D eigenvalue weighted by Crippen LogP contribution is -2.27. The summed E-state index contributed by atoms with van der Waals surface area (Å²) in [5, 5.41) is 9.33. The zero-order chi connectivity index (χ0) is 9.26. The lowest BCUT2D eigenvalue weighted by atomic mass is 10.1. The summed E-state index contributed by atoms with van der Waals surface area (Å²) in [5.74, 6) is 0. The van der Waals surface area contributed by atoms with Crippen LogP contribution in [0.2, 0.25) is 0 Å². The Labute approximate surface area is 77.6 Å². The molecule has 1 aromatic carbocycles. The van der Waals surface area contributed by atoms with Gasteiger partial charge in [0.25, 0.3) is 0 Å². The van der Waals surface area contributed by atoms with Gasteiger partial charge in [-0.25, -0.2) is 4.90 Å². The monoisotopic (exact) mass is 179 g/mol. The second-order valence-electron chi connectivity index (χ2n) is 3.25. The maximum Gasteiger partial charge on any atom is 0.216 e. The maximum absolute atomic E-state index is 9.33. The van der Waals surface area contributed by atoms with Gasteiger partial charge in [0.15, 0.2) is 0 Å². The van der Waals surface area contributed by atoms with Gasteiger partial charge >= 0.3 is 0 Å². The van der Waals surface area contributed by atoms with E-state index in [1.807, 2.05) is 42.3 Å². The van der Waals surface area contributed by atoms with Crippen molar-refractivity contribution >= 4 is 0 Å². The topological polar surface area (TPSA) is 32.7 Å². The Bertz CT molecular complexity index is 276. The average molecular weight is 179 g/mol. The van der Waals surface area contributed by atoms with Crippen molar-refractivity contribution in [1.29, 1.82) is 0 Å². The van der Waals surface area contributed by atoms with Crippen molar-refractivity contribution in [2.24, 2.45) is 0 Å². The Morgan fingerprint density at radius 1 is 1.38 bits per heavy atom. The molecule has 2 rings (SSSR count). The number of benzene rings is 1. The predicted molar refractivity (Wildman–Crippen MR) is 48.9 cm³/mol. The number of hydrogen-bond donors (Lipinski definition) is 1. The van der Waals surface area contributed by atoms with Crippen LogP contribution < -0.4 is 0 Å². The van der Waals surface area contributed by atoms with Crippen molar-refractivity contribution < 1.29 is 9.84 Å². The van der Waals surface area contributed by atoms with Crippen molar-refractivity contribution in [2.45, 2.75) is 12.5 Å². The summed E-state index contributed by atoms with van der Waals surface area (Å²) >= 11 is 0. The van der Waals surface area contributed by atoms with Crippen LogP contribution in [0.3, 0.4) is 0 Å². The first-order valence-corrected chi connectivity index (χ1v) is 4.35. The van der Waals surface area contributed by atoms with Gasteiger partial charge in [0.2, 0.25) is 6.41 Å². The molecule has 3 nitrogen and oxygen atoms in total. The Morgan fingerprint density at radius 3 is 2.62 bits per heavy atom. The van der Waals surface area contributed by atoms with Gasteiger partial charge in [-0.1, -0.05) is 30.3 Å².